The first-order valence-electron chi connectivity index (χ1n) is 4.50. The number of unbranched alkanes of at least 4 members (excludes halogenated alkanes) is 1. The quantitative estimate of drug-likeness (QED) is 0.468. The number of esters is 1. The largest absolute Gasteiger partial charge is 0.458 e. The van der Waals surface area contributed by atoms with Crippen LogP contribution in [-0.4, -0.2) is 12.1 Å². The van der Waals surface area contributed by atoms with Crippen LogP contribution in [0.25, 0.3) is 0 Å². The van der Waals surface area contributed by atoms with E-state index in [1.807, 2.05) is 19.1 Å². The van der Waals surface area contributed by atoms with E-state index in [0.29, 0.717) is 0 Å². The van der Waals surface area contributed by atoms with E-state index in [-0.39, 0.29) is 12.1 Å². The number of hydrogen-bond donors (Lipinski definition) is 0. The zero-order chi connectivity index (χ0) is 9.40. The molecule has 0 saturated carbocycles. The molecule has 0 heterocycles. The van der Waals surface area contributed by atoms with Crippen molar-refractivity contribution < 1.29 is 9.53 Å². The Morgan fingerprint density at radius 3 is 2.67 bits per heavy atom. The molecule has 2 nitrogen and oxygen atoms in total. The summed E-state index contributed by atoms with van der Waals surface area (Å²) in [5.74, 6) is -0.200. The van der Waals surface area contributed by atoms with Gasteiger partial charge in [-0.25, -0.2) is 0 Å². The maximum atomic E-state index is 10.6. The molecule has 0 aromatic rings. The summed E-state index contributed by atoms with van der Waals surface area (Å²) in [4.78, 5) is 10.6. The molecule has 0 N–H and O–H groups in total. The number of rotatable bonds is 5. The summed E-state index contributed by atoms with van der Waals surface area (Å²) in [5, 5.41) is 0. The van der Waals surface area contributed by atoms with E-state index in [1.54, 1.807) is 0 Å². The van der Waals surface area contributed by atoms with E-state index in [4.69, 9.17) is 4.74 Å². The summed E-state index contributed by atoms with van der Waals surface area (Å²) < 4.78 is 5.07. The SMILES string of the molecule is CC=CC(CCCC)OC(C)=O. The van der Waals surface area contributed by atoms with Gasteiger partial charge in [-0.15, -0.1) is 0 Å². The van der Waals surface area contributed by atoms with Crippen molar-refractivity contribution in [2.24, 2.45) is 0 Å². The minimum absolute atomic E-state index is 0.0209. The highest BCUT2D eigenvalue weighted by Crippen LogP contribution is 2.06. The molecule has 0 rings (SSSR count). The highest BCUT2D eigenvalue weighted by molar-refractivity contribution is 5.66. The molecule has 1 atom stereocenters. The number of carbonyl (C=O) groups excluding carboxylic acids is 1. The third-order valence-corrected chi connectivity index (χ3v) is 1.57. The highest BCUT2D eigenvalue weighted by atomic mass is 16.5. The fourth-order valence-electron chi connectivity index (χ4n) is 1.03. The Morgan fingerprint density at radius 2 is 2.25 bits per heavy atom. The molecule has 0 aliphatic rings. The van der Waals surface area contributed by atoms with Gasteiger partial charge in [-0.3, -0.25) is 4.79 Å². The summed E-state index contributed by atoms with van der Waals surface area (Å²) in [6.07, 6.45) is 6.99. The summed E-state index contributed by atoms with van der Waals surface area (Å²) in [7, 11) is 0. The van der Waals surface area contributed by atoms with Crippen molar-refractivity contribution in [3.05, 3.63) is 12.2 Å². The second kappa shape index (κ2) is 6.89. The van der Waals surface area contributed by atoms with Crippen LogP contribution in [-0.2, 0) is 9.53 Å². The number of allylic oxidation sites excluding steroid dienone is 1. The molecule has 0 aliphatic heterocycles. The molecule has 70 valence electrons. The lowest BCUT2D eigenvalue weighted by Gasteiger charge is -2.11. The molecule has 0 aromatic carbocycles. The first-order valence-corrected chi connectivity index (χ1v) is 4.50. The molecule has 12 heavy (non-hydrogen) atoms. The monoisotopic (exact) mass is 170 g/mol. The average molecular weight is 170 g/mol. The molecular weight excluding hydrogens is 152 g/mol. The van der Waals surface area contributed by atoms with E-state index in [1.165, 1.54) is 6.92 Å². The van der Waals surface area contributed by atoms with Crippen LogP contribution in [0.2, 0.25) is 0 Å². The van der Waals surface area contributed by atoms with Crippen molar-refractivity contribution in [2.75, 3.05) is 0 Å². The first-order chi connectivity index (χ1) is 5.70. The van der Waals surface area contributed by atoms with Crippen molar-refractivity contribution in [1.82, 2.24) is 0 Å². The Morgan fingerprint density at radius 1 is 1.58 bits per heavy atom. The van der Waals surface area contributed by atoms with Gasteiger partial charge in [0.05, 0.1) is 0 Å². The highest BCUT2D eigenvalue weighted by Gasteiger charge is 2.05. The van der Waals surface area contributed by atoms with Crippen LogP contribution in [0.3, 0.4) is 0 Å². The van der Waals surface area contributed by atoms with E-state index >= 15 is 0 Å². The minimum atomic E-state index is -0.200. The van der Waals surface area contributed by atoms with Crippen molar-refractivity contribution >= 4 is 5.97 Å². The summed E-state index contributed by atoms with van der Waals surface area (Å²) in [6, 6.07) is 0. The molecule has 0 bridgehead atoms. The van der Waals surface area contributed by atoms with Gasteiger partial charge in [-0.1, -0.05) is 19.4 Å². The molecule has 0 aliphatic carbocycles. The summed E-state index contributed by atoms with van der Waals surface area (Å²) in [5.41, 5.74) is 0. The Balaban J connectivity index is 3.77. The number of hydrogen-bond acceptors (Lipinski definition) is 2. The average Bonchev–Trinajstić information content (AvgIpc) is 2.00. The van der Waals surface area contributed by atoms with Gasteiger partial charge in [0.15, 0.2) is 0 Å². The Hall–Kier alpha value is -0.790. The molecule has 0 fully saturated rings. The van der Waals surface area contributed by atoms with Crippen LogP contribution < -0.4 is 0 Å². The second-order valence-corrected chi connectivity index (χ2v) is 2.82. The molecule has 2 heteroatoms. The van der Waals surface area contributed by atoms with Crippen LogP contribution in [0.5, 0.6) is 0 Å². The third kappa shape index (κ3) is 5.96. The van der Waals surface area contributed by atoms with Crippen LogP contribution in [0.1, 0.15) is 40.0 Å². The van der Waals surface area contributed by atoms with Crippen LogP contribution in [0.15, 0.2) is 12.2 Å². The van der Waals surface area contributed by atoms with Gasteiger partial charge < -0.3 is 4.74 Å². The molecule has 0 saturated heterocycles. The van der Waals surface area contributed by atoms with E-state index in [2.05, 4.69) is 6.92 Å². The lowest BCUT2D eigenvalue weighted by molar-refractivity contribution is -0.144. The Kier molecular flexibility index (Phi) is 6.44. The maximum absolute atomic E-state index is 10.6. The van der Waals surface area contributed by atoms with Gasteiger partial charge in [-0.2, -0.15) is 0 Å². The topological polar surface area (TPSA) is 26.3 Å². The second-order valence-electron chi connectivity index (χ2n) is 2.82. The fourth-order valence-corrected chi connectivity index (χ4v) is 1.03. The maximum Gasteiger partial charge on any atom is 0.303 e. The van der Waals surface area contributed by atoms with Crippen molar-refractivity contribution in [2.45, 2.75) is 46.1 Å². The van der Waals surface area contributed by atoms with Gasteiger partial charge >= 0.3 is 5.97 Å². The van der Waals surface area contributed by atoms with Gasteiger partial charge in [0.1, 0.15) is 6.10 Å². The van der Waals surface area contributed by atoms with E-state index in [0.717, 1.165) is 19.3 Å². The minimum Gasteiger partial charge on any atom is -0.458 e. The van der Waals surface area contributed by atoms with Crippen molar-refractivity contribution in [1.29, 1.82) is 0 Å². The fraction of sp³-hybridized carbons (Fsp3) is 0.700. The smallest absolute Gasteiger partial charge is 0.303 e. The Bertz CT molecular complexity index is 150. The van der Waals surface area contributed by atoms with Gasteiger partial charge in [0, 0.05) is 6.92 Å². The van der Waals surface area contributed by atoms with Crippen molar-refractivity contribution in [3.8, 4) is 0 Å². The molecule has 0 spiro atoms. The lowest BCUT2D eigenvalue weighted by Crippen LogP contribution is -2.13. The molecule has 1 unspecified atom stereocenters. The van der Waals surface area contributed by atoms with Gasteiger partial charge in [0.2, 0.25) is 0 Å². The normalized spacial score (nSPS) is 13.2. The molecular formula is C10H18O2. The zero-order valence-corrected chi connectivity index (χ0v) is 8.17. The summed E-state index contributed by atoms with van der Waals surface area (Å²) >= 11 is 0. The third-order valence-electron chi connectivity index (χ3n) is 1.57. The van der Waals surface area contributed by atoms with E-state index < -0.39 is 0 Å². The molecule has 0 amide bonds. The number of ether oxygens (including phenoxy) is 1. The van der Waals surface area contributed by atoms with Crippen LogP contribution in [0.4, 0.5) is 0 Å². The van der Waals surface area contributed by atoms with Crippen LogP contribution in [0, 0.1) is 0 Å². The van der Waals surface area contributed by atoms with E-state index in [9.17, 15) is 4.79 Å². The summed E-state index contributed by atoms with van der Waals surface area (Å²) in [6.45, 7) is 5.51. The standard InChI is InChI=1S/C10H18O2/c1-4-6-8-10(7-5-2)12-9(3)11/h5,7,10H,4,6,8H2,1-3H3. The predicted octanol–water partition coefficient (Wildman–Crippen LogP) is 2.68. The van der Waals surface area contributed by atoms with Gasteiger partial charge in [-0.05, 0) is 25.8 Å². The van der Waals surface area contributed by atoms with Gasteiger partial charge in [0.25, 0.3) is 0 Å². The number of carbonyl (C=O) groups is 1. The zero-order valence-electron chi connectivity index (χ0n) is 8.17. The van der Waals surface area contributed by atoms with Crippen LogP contribution >= 0.6 is 0 Å². The first kappa shape index (κ1) is 11.2. The Labute approximate surface area is 74.6 Å². The molecule has 0 radical (unpaired) electrons. The predicted molar refractivity (Wildman–Crippen MR) is 49.9 cm³/mol. The molecule has 0 aromatic heterocycles. The lowest BCUT2D eigenvalue weighted by atomic mass is 10.1. The van der Waals surface area contributed by atoms with Crippen molar-refractivity contribution in [3.63, 3.8) is 0 Å².